The van der Waals surface area contributed by atoms with E-state index < -0.39 is 10.0 Å². The molecule has 0 unspecified atom stereocenters. The van der Waals surface area contributed by atoms with E-state index in [4.69, 9.17) is 0 Å². The molecule has 0 aromatic rings. The Labute approximate surface area is 95.0 Å². The minimum atomic E-state index is -3.04. The fraction of sp³-hybridized carbons (Fsp3) is 1.00. The number of rotatable bonds is 2. The molecule has 14 heavy (non-hydrogen) atoms. The van der Waals surface area contributed by atoms with Gasteiger partial charge < -0.3 is 0 Å². The van der Waals surface area contributed by atoms with Crippen LogP contribution in [0.2, 0.25) is 0 Å². The molecule has 1 heterocycles. The van der Waals surface area contributed by atoms with Crippen molar-refractivity contribution in [1.29, 1.82) is 0 Å². The summed E-state index contributed by atoms with van der Waals surface area (Å²) in [6.45, 7) is 5.76. The summed E-state index contributed by atoms with van der Waals surface area (Å²) in [6.07, 6.45) is 3.04. The van der Waals surface area contributed by atoms with E-state index in [0.29, 0.717) is 13.1 Å². The molecule has 1 aliphatic rings. The Morgan fingerprint density at radius 3 is 2.50 bits per heavy atom. The van der Waals surface area contributed by atoms with Gasteiger partial charge >= 0.3 is 0 Å². The van der Waals surface area contributed by atoms with Crippen LogP contribution in [0.1, 0.15) is 33.1 Å². The molecule has 1 aliphatic heterocycles. The largest absolute Gasteiger partial charge is 0.224 e. The number of halogens is 1. The van der Waals surface area contributed by atoms with Gasteiger partial charge in [-0.3, -0.25) is 0 Å². The number of hydrogen-bond donors (Lipinski definition) is 0. The molecule has 0 aromatic heterocycles. The van der Waals surface area contributed by atoms with Crippen molar-refractivity contribution in [2.45, 2.75) is 33.1 Å². The first-order valence-electron chi connectivity index (χ1n) is 4.91. The van der Waals surface area contributed by atoms with Crippen LogP contribution in [0.15, 0.2) is 0 Å². The zero-order chi connectivity index (χ0) is 10.8. The Bertz CT molecular complexity index is 287. The molecular formula is C9H18BrNO2S. The van der Waals surface area contributed by atoms with Gasteiger partial charge in [0.1, 0.15) is 4.66 Å². The van der Waals surface area contributed by atoms with E-state index in [9.17, 15) is 8.42 Å². The van der Waals surface area contributed by atoms with Crippen LogP contribution in [0, 0.1) is 5.41 Å². The van der Waals surface area contributed by atoms with Crippen molar-refractivity contribution in [2.24, 2.45) is 5.41 Å². The van der Waals surface area contributed by atoms with Crippen LogP contribution >= 0.6 is 15.9 Å². The summed E-state index contributed by atoms with van der Waals surface area (Å²) in [4.78, 5) is 0. The van der Waals surface area contributed by atoms with Crippen molar-refractivity contribution in [3.05, 3.63) is 0 Å². The van der Waals surface area contributed by atoms with E-state index in [1.807, 2.05) is 0 Å². The molecule has 3 nitrogen and oxygen atoms in total. The molecule has 1 saturated heterocycles. The molecule has 1 fully saturated rings. The molecular weight excluding hydrogens is 266 g/mol. The van der Waals surface area contributed by atoms with E-state index in [2.05, 4.69) is 29.8 Å². The fourth-order valence-corrected chi connectivity index (χ4v) is 3.53. The van der Waals surface area contributed by atoms with E-state index in [0.717, 1.165) is 19.3 Å². The Hall–Kier alpha value is 0.390. The van der Waals surface area contributed by atoms with Crippen LogP contribution in [-0.4, -0.2) is 30.5 Å². The smallest absolute Gasteiger partial charge is 0.211 e. The number of sulfonamides is 1. The van der Waals surface area contributed by atoms with Crippen molar-refractivity contribution in [2.75, 3.05) is 17.8 Å². The Morgan fingerprint density at radius 1 is 1.29 bits per heavy atom. The van der Waals surface area contributed by atoms with Crippen LogP contribution in [0.25, 0.3) is 0 Å². The van der Waals surface area contributed by atoms with Crippen molar-refractivity contribution in [3.63, 3.8) is 0 Å². The first-order chi connectivity index (χ1) is 6.37. The SMILES string of the molecule is CC1(C)CCCN(S(=O)(=O)CBr)CC1. The highest BCUT2D eigenvalue weighted by molar-refractivity contribution is 9.10. The highest BCUT2D eigenvalue weighted by Crippen LogP contribution is 2.30. The molecule has 0 bridgehead atoms. The van der Waals surface area contributed by atoms with E-state index in [1.54, 1.807) is 4.31 Å². The van der Waals surface area contributed by atoms with Gasteiger partial charge in [-0.2, -0.15) is 0 Å². The molecule has 0 spiro atoms. The lowest BCUT2D eigenvalue weighted by Gasteiger charge is -2.22. The summed E-state index contributed by atoms with van der Waals surface area (Å²) < 4.78 is 24.8. The van der Waals surface area contributed by atoms with Crippen molar-refractivity contribution < 1.29 is 8.42 Å². The standard InChI is InChI=1S/C9H18BrNO2S/c1-9(2)4-3-6-11(7-5-9)14(12,13)8-10/h3-8H2,1-2H3. The minimum Gasteiger partial charge on any atom is -0.211 e. The van der Waals surface area contributed by atoms with Gasteiger partial charge in [0, 0.05) is 13.1 Å². The molecule has 0 aliphatic carbocycles. The first-order valence-corrected chi connectivity index (χ1v) is 7.64. The van der Waals surface area contributed by atoms with Crippen LogP contribution < -0.4 is 0 Å². The molecule has 0 N–H and O–H groups in total. The average molecular weight is 284 g/mol. The Morgan fingerprint density at radius 2 is 1.93 bits per heavy atom. The highest BCUT2D eigenvalue weighted by Gasteiger charge is 2.28. The third-order valence-corrected chi connectivity index (χ3v) is 5.99. The molecule has 0 atom stereocenters. The van der Waals surface area contributed by atoms with Gasteiger partial charge in [0.25, 0.3) is 0 Å². The normalized spacial score (nSPS) is 24.5. The summed E-state index contributed by atoms with van der Waals surface area (Å²) in [5.41, 5.74) is 0.288. The van der Waals surface area contributed by atoms with Gasteiger partial charge in [0.2, 0.25) is 10.0 Å². The third kappa shape index (κ3) is 3.21. The zero-order valence-corrected chi connectivity index (χ0v) is 11.2. The lowest BCUT2D eigenvalue weighted by Crippen LogP contribution is -2.32. The second kappa shape index (κ2) is 4.49. The molecule has 84 valence electrons. The maximum Gasteiger partial charge on any atom is 0.224 e. The molecule has 5 heteroatoms. The minimum absolute atomic E-state index is 0.0421. The van der Waals surface area contributed by atoms with Crippen molar-refractivity contribution in [1.82, 2.24) is 4.31 Å². The van der Waals surface area contributed by atoms with Crippen LogP contribution in [0.4, 0.5) is 0 Å². The average Bonchev–Trinajstić information content (AvgIpc) is 2.26. The van der Waals surface area contributed by atoms with Gasteiger partial charge in [-0.15, -0.1) is 0 Å². The molecule has 1 rings (SSSR count). The van der Waals surface area contributed by atoms with Gasteiger partial charge in [-0.05, 0) is 24.7 Å². The lowest BCUT2D eigenvalue weighted by molar-refractivity contribution is 0.315. The maximum absolute atomic E-state index is 11.6. The monoisotopic (exact) mass is 283 g/mol. The summed E-state index contributed by atoms with van der Waals surface area (Å²) in [5, 5.41) is 0. The molecule has 0 amide bonds. The number of nitrogens with zero attached hydrogens (tertiary/aromatic N) is 1. The van der Waals surface area contributed by atoms with E-state index >= 15 is 0 Å². The summed E-state index contributed by atoms with van der Waals surface area (Å²) in [7, 11) is -3.04. The quantitative estimate of drug-likeness (QED) is 0.729. The topological polar surface area (TPSA) is 37.4 Å². The molecule has 0 radical (unpaired) electrons. The van der Waals surface area contributed by atoms with E-state index in [1.165, 1.54) is 0 Å². The number of hydrogen-bond acceptors (Lipinski definition) is 2. The zero-order valence-electron chi connectivity index (χ0n) is 8.79. The van der Waals surface area contributed by atoms with Gasteiger partial charge in [0.05, 0.1) is 0 Å². The van der Waals surface area contributed by atoms with Crippen molar-refractivity contribution >= 4 is 26.0 Å². The summed E-state index contributed by atoms with van der Waals surface area (Å²) >= 11 is 3.03. The first kappa shape index (κ1) is 12.5. The fourth-order valence-electron chi connectivity index (χ4n) is 1.75. The number of alkyl halides is 1. The summed E-state index contributed by atoms with van der Waals surface area (Å²) in [6, 6.07) is 0. The van der Waals surface area contributed by atoms with Crippen molar-refractivity contribution in [3.8, 4) is 0 Å². The predicted octanol–water partition coefficient (Wildman–Crippen LogP) is 2.18. The van der Waals surface area contributed by atoms with Gasteiger partial charge in [-0.25, -0.2) is 12.7 Å². The highest BCUT2D eigenvalue weighted by atomic mass is 79.9. The van der Waals surface area contributed by atoms with Gasteiger partial charge in [0.15, 0.2) is 0 Å². The van der Waals surface area contributed by atoms with Crippen LogP contribution in [-0.2, 0) is 10.0 Å². The lowest BCUT2D eigenvalue weighted by atomic mass is 9.85. The molecule has 0 aromatic carbocycles. The molecule has 0 saturated carbocycles. The summed E-state index contributed by atoms with van der Waals surface area (Å²) in [5.74, 6) is 0. The maximum atomic E-state index is 11.6. The second-order valence-corrected chi connectivity index (χ2v) is 7.91. The van der Waals surface area contributed by atoms with Gasteiger partial charge in [-0.1, -0.05) is 29.8 Å². The van der Waals surface area contributed by atoms with E-state index in [-0.39, 0.29) is 10.1 Å². The second-order valence-electron chi connectivity index (χ2n) is 4.64. The predicted molar refractivity (Wildman–Crippen MR) is 61.9 cm³/mol. The van der Waals surface area contributed by atoms with Crippen LogP contribution in [0.5, 0.6) is 0 Å². The van der Waals surface area contributed by atoms with Crippen LogP contribution in [0.3, 0.4) is 0 Å². The Kier molecular flexibility index (Phi) is 4.00. The third-order valence-electron chi connectivity index (χ3n) is 2.83. The Balaban J connectivity index is 2.68.